The lowest BCUT2D eigenvalue weighted by Gasteiger charge is -2.05. The molecular weight excluding hydrogens is 302 g/mol. The SMILES string of the molecule is O=C(CCCc1nc2ccccc2c(=O)[nH]1)NC1[C@@H]2CCCC[C@@H]12. The van der Waals surface area contributed by atoms with Crippen LogP contribution in [0.15, 0.2) is 29.1 Å². The number of hydrogen-bond donors (Lipinski definition) is 2. The van der Waals surface area contributed by atoms with Gasteiger partial charge >= 0.3 is 0 Å². The Hall–Kier alpha value is -2.17. The van der Waals surface area contributed by atoms with Gasteiger partial charge in [0.15, 0.2) is 0 Å². The highest BCUT2D eigenvalue weighted by atomic mass is 16.1. The number of nitrogens with zero attached hydrogens (tertiary/aromatic N) is 1. The maximum absolute atomic E-state index is 12.1. The van der Waals surface area contributed by atoms with E-state index in [2.05, 4.69) is 15.3 Å². The van der Waals surface area contributed by atoms with Crippen molar-refractivity contribution in [3.05, 3.63) is 40.4 Å². The van der Waals surface area contributed by atoms with Crippen molar-refractivity contribution >= 4 is 16.8 Å². The summed E-state index contributed by atoms with van der Waals surface area (Å²) in [5.41, 5.74) is 0.602. The largest absolute Gasteiger partial charge is 0.353 e. The molecule has 2 fully saturated rings. The molecule has 2 saturated carbocycles. The van der Waals surface area contributed by atoms with E-state index in [0.717, 1.165) is 11.8 Å². The van der Waals surface area contributed by atoms with E-state index in [1.165, 1.54) is 25.7 Å². The molecule has 0 unspecified atom stereocenters. The molecule has 2 aliphatic carbocycles. The summed E-state index contributed by atoms with van der Waals surface area (Å²) in [6, 6.07) is 7.75. The number of fused-ring (bicyclic) bond motifs is 2. The second-order valence-corrected chi connectivity index (χ2v) is 7.09. The molecule has 2 aromatic rings. The van der Waals surface area contributed by atoms with E-state index in [1.807, 2.05) is 18.2 Å². The number of amides is 1. The molecular formula is C19H23N3O2. The first-order valence-corrected chi connectivity index (χ1v) is 9.00. The van der Waals surface area contributed by atoms with Gasteiger partial charge in [-0.3, -0.25) is 9.59 Å². The molecule has 0 bridgehead atoms. The molecule has 2 aliphatic rings. The summed E-state index contributed by atoms with van der Waals surface area (Å²) >= 11 is 0. The lowest BCUT2D eigenvalue weighted by molar-refractivity contribution is -0.121. The van der Waals surface area contributed by atoms with Crippen LogP contribution in [0.4, 0.5) is 0 Å². The van der Waals surface area contributed by atoms with Gasteiger partial charge in [0, 0.05) is 18.9 Å². The molecule has 2 atom stereocenters. The second-order valence-electron chi connectivity index (χ2n) is 7.09. The first kappa shape index (κ1) is 15.4. The van der Waals surface area contributed by atoms with Gasteiger partial charge in [-0.2, -0.15) is 0 Å². The van der Waals surface area contributed by atoms with Crippen LogP contribution in [-0.2, 0) is 11.2 Å². The van der Waals surface area contributed by atoms with Crippen LogP contribution in [0, 0.1) is 11.8 Å². The van der Waals surface area contributed by atoms with Gasteiger partial charge in [0.25, 0.3) is 5.56 Å². The Morgan fingerprint density at radius 3 is 2.75 bits per heavy atom. The van der Waals surface area contributed by atoms with Crippen LogP contribution in [-0.4, -0.2) is 21.9 Å². The Kier molecular flexibility index (Phi) is 4.08. The number of hydrogen-bond acceptors (Lipinski definition) is 3. The first-order valence-electron chi connectivity index (χ1n) is 9.00. The highest BCUT2D eigenvalue weighted by molar-refractivity contribution is 5.77. The third-order valence-electron chi connectivity index (χ3n) is 5.46. The van der Waals surface area contributed by atoms with Crippen LogP contribution >= 0.6 is 0 Å². The second kappa shape index (κ2) is 6.38. The highest BCUT2D eigenvalue weighted by Crippen LogP contribution is 2.49. The zero-order valence-corrected chi connectivity index (χ0v) is 13.8. The van der Waals surface area contributed by atoms with Crippen molar-refractivity contribution in [2.24, 2.45) is 11.8 Å². The number of carbonyl (C=O) groups excluding carboxylic acids is 1. The summed E-state index contributed by atoms with van der Waals surface area (Å²) in [6.07, 6.45) is 6.99. The fourth-order valence-electron chi connectivity index (χ4n) is 4.13. The summed E-state index contributed by atoms with van der Waals surface area (Å²) in [6.45, 7) is 0. The molecule has 24 heavy (non-hydrogen) atoms. The third kappa shape index (κ3) is 3.07. The molecule has 5 nitrogen and oxygen atoms in total. The van der Waals surface area contributed by atoms with Crippen molar-refractivity contribution in [2.45, 2.75) is 51.0 Å². The molecule has 2 N–H and O–H groups in total. The molecule has 1 heterocycles. The van der Waals surface area contributed by atoms with Crippen molar-refractivity contribution in [3.8, 4) is 0 Å². The molecule has 0 spiro atoms. The molecule has 126 valence electrons. The topological polar surface area (TPSA) is 74.8 Å². The van der Waals surface area contributed by atoms with E-state index in [1.54, 1.807) is 6.07 Å². The lowest BCUT2D eigenvalue weighted by atomic mass is 10.0. The molecule has 5 heteroatoms. The summed E-state index contributed by atoms with van der Waals surface area (Å²) in [7, 11) is 0. The fraction of sp³-hybridized carbons (Fsp3) is 0.526. The van der Waals surface area contributed by atoms with Gasteiger partial charge in [0.1, 0.15) is 5.82 Å². The van der Waals surface area contributed by atoms with Gasteiger partial charge < -0.3 is 10.3 Å². The summed E-state index contributed by atoms with van der Waals surface area (Å²) in [5.74, 6) is 2.27. The third-order valence-corrected chi connectivity index (χ3v) is 5.46. The zero-order chi connectivity index (χ0) is 16.5. The van der Waals surface area contributed by atoms with E-state index in [-0.39, 0.29) is 11.5 Å². The number of nitrogens with one attached hydrogen (secondary N) is 2. The monoisotopic (exact) mass is 325 g/mol. The first-order chi connectivity index (χ1) is 11.7. The minimum Gasteiger partial charge on any atom is -0.353 e. The van der Waals surface area contributed by atoms with E-state index >= 15 is 0 Å². The number of benzene rings is 1. The Bertz CT molecular complexity index is 802. The number of carbonyl (C=O) groups is 1. The number of rotatable bonds is 5. The lowest BCUT2D eigenvalue weighted by Crippen LogP contribution is -2.27. The molecule has 4 rings (SSSR count). The van der Waals surface area contributed by atoms with Gasteiger partial charge in [-0.05, 0) is 43.2 Å². The predicted molar refractivity (Wildman–Crippen MR) is 92.7 cm³/mol. The smallest absolute Gasteiger partial charge is 0.258 e. The summed E-state index contributed by atoms with van der Waals surface area (Å²) < 4.78 is 0. The van der Waals surface area contributed by atoms with Gasteiger partial charge in [-0.15, -0.1) is 0 Å². The minimum atomic E-state index is -0.109. The highest BCUT2D eigenvalue weighted by Gasteiger charge is 2.51. The predicted octanol–water partition coefficient (Wildman–Crippen LogP) is 2.55. The molecule has 1 amide bonds. The van der Waals surface area contributed by atoms with Crippen LogP contribution in [0.2, 0.25) is 0 Å². The number of aromatic amines is 1. The maximum Gasteiger partial charge on any atom is 0.258 e. The molecule has 0 radical (unpaired) electrons. The van der Waals surface area contributed by atoms with E-state index < -0.39 is 0 Å². The Balaban J connectivity index is 1.29. The number of aromatic nitrogens is 2. The van der Waals surface area contributed by atoms with Crippen LogP contribution in [0.25, 0.3) is 10.9 Å². The van der Waals surface area contributed by atoms with Crippen LogP contribution in [0.1, 0.15) is 44.3 Å². The fourth-order valence-corrected chi connectivity index (χ4v) is 4.13. The average molecular weight is 325 g/mol. The molecule has 1 aromatic heterocycles. The number of H-pyrrole nitrogens is 1. The average Bonchev–Trinajstić information content (AvgIpc) is 3.28. The Morgan fingerprint density at radius 2 is 1.96 bits per heavy atom. The van der Waals surface area contributed by atoms with Crippen molar-refractivity contribution in [2.75, 3.05) is 0 Å². The van der Waals surface area contributed by atoms with Gasteiger partial charge in [-0.25, -0.2) is 4.98 Å². The number of aryl methyl sites for hydroxylation is 1. The maximum atomic E-state index is 12.1. The quantitative estimate of drug-likeness (QED) is 0.887. The summed E-state index contributed by atoms with van der Waals surface area (Å²) in [4.78, 5) is 31.4. The Labute approximate surface area is 140 Å². The van der Waals surface area contributed by atoms with Gasteiger partial charge in [0.05, 0.1) is 10.9 Å². The van der Waals surface area contributed by atoms with Crippen LogP contribution in [0.3, 0.4) is 0 Å². The van der Waals surface area contributed by atoms with Gasteiger partial charge in [-0.1, -0.05) is 25.0 Å². The Morgan fingerprint density at radius 1 is 1.21 bits per heavy atom. The standard InChI is InChI=1S/C19H23N3O2/c23-17(22-18-12-6-1-2-7-13(12)18)11-5-10-16-20-15-9-4-3-8-14(15)19(24)21-16/h3-4,8-9,12-13,18H,1-2,5-7,10-11H2,(H,22,23)(H,20,21,24)/t12-,13-/m1/s1. The van der Waals surface area contributed by atoms with Gasteiger partial charge in [0.2, 0.25) is 5.91 Å². The normalized spacial score (nSPS) is 25.2. The minimum absolute atomic E-state index is 0.109. The van der Waals surface area contributed by atoms with Crippen molar-refractivity contribution < 1.29 is 4.79 Å². The van der Waals surface area contributed by atoms with E-state index in [0.29, 0.717) is 42.0 Å². The zero-order valence-electron chi connectivity index (χ0n) is 13.8. The molecule has 0 aliphatic heterocycles. The van der Waals surface area contributed by atoms with E-state index in [9.17, 15) is 9.59 Å². The molecule has 1 aromatic carbocycles. The van der Waals surface area contributed by atoms with Crippen molar-refractivity contribution in [1.82, 2.24) is 15.3 Å². The van der Waals surface area contributed by atoms with Crippen LogP contribution in [0.5, 0.6) is 0 Å². The van der Waals surface area contributed by atoms with E-state index in [4.69, 9.17) is 0 Å². The molecule has 0 saturated heterocycles. The van der Waals surface area contributed by atoms with Crippen molar-refractivity contribution in [3.63, 3.8) is 0 Å². The van der Waals surface area contributed by atoms with Crippen molar-refractivity contribution in [1.29, 1.82) is 0 Å². The summed E-state index contributed by atoms with van der Waals surface area (Å²) in [5, 5.41) is 3.80. The van der Waals surface area contributed by atoms with Crippen LogP contribution < -0.4 is 10.9 Å². The number of para-hydroxylation sites is 1.